The van der Waals surface area contributed by atoms with E-state index >= 15 is 0 Å². The van der Waals surface area contributed by atoms with Gasteiger partial charge in [0.2, 0.25) is 11.8 Å². The monoisotopic (exact) mass is 511 g/mol. The first-order valence-corrected chi connectivity index (χ1v) is 11.8. The molecule has 1 saturated heterocycles. The number of aryl methyl sites for hydroxylation is 1. The third-order valence-electron chi connectivity index (χ3n) is 5.91. The molecule has 3 aliphatic rings. The fourth-order valence-corrected chi connectivity index (χ4v) is 4.12. The van der Waals surface area contributed by atoms with Crippen LogP contribution in [0.15, 0.2) is 46.9 Å². The normalized spacial score (nSPS) is 27.8. The maximum absolute atomic E-state index is 13.2. The van der Waals surface area contributed by atoms with Crippen LogP contribution in [0.5, 0.6) is 5.75 Å². The lowest BCUT2D eigenvalue weighted by atomic mass is 10.0. The molecule has 0 bridgehead atoms. The number of amides is 1. The van der Waals surface area contributed by atoms with Crippen molar-refractivity contribution in [2.75, 3.05) is 13.2 Å². The van der Waals surface area contributed by atoms with E-state index in [0.717, 1.165) is 12.5 Å². The Bertz CT molecular complexity index is 1020. The Morgan fingerprint density at radius 3 is 2.67 bits per heavy atom. The second-order valence-corrected chi connectivity index (χ2v) is 8.23. The number of pyridine rings is 1. The zero-order chi connectivity index (χ0) is 26.1. The summed E-state index contributed by atoms with van der Waals surface area (Å²) in [5.74, 6) is -2.09. The molecule has 1 aromatic heterocycles. The van der Waals surface area contributed by atoms with Crippen LogP contribution in [0.2, 0.25) is 0 Å². The van der Waals surface area contributed by atoms with Crippen LogP contribution in [0.4, 0.5) is 8.78 Å². The van der Waals surface area contributed by atoms with Crippen LogP contribution in [0, 0.1) is 12.8 Å². The lowest BCUT2D eigenvalue weighted by molar-refractivity contribution is -0.204. The molecule has 202 valence electrons. The van der Waals surface area contributed by atoms with Crippen molar-refractivity contribution in [1.29, 1.82) is 0 Å². The summed E-state index contributed by atoms with van der Waals surface area (Å²) >= 11 is 0. The number of rotatable bonds is 3. The van der Waals surface area contributed by atoms with Gasteiger partial charge < -0.3 is 24.8 Å². The minimum atomic E-state index is -1.01. The zero-order valence-corrected chi connectivity index (χ0v) is 20.6. The Hall–Kier alpha value is -2.82. The van der Waals surface area contributed by atoms with E-state index < -0.39 is 29.2 Å². The summed E-state index contributed by atoms with van der Waals surface area (Å²) in [6.45, 7) is 8.98. The number of fused-ring (bicyclic) bond motifs is 2. The number of aliphatic hydroxyl groups excluding tert-OH is 1. The second-order valence-electron chi connectivity index (χ2n) is 8.23. The van der Waals surface area contributed by atoms with Gasteiger partial charge in [-0.3, -0.25) is 9.59 Å². The molecule has 1 aliphatic carbocycles. The van der Waals surface area contributed by atoms with Crippen LogP contribution in [-0.2, 0) is 16.1 Å². The molecular weight excluding hydrogens is 472 g/mol. The van der Waals surface area contributed by atoms with Crippen LogP contribution < -0.4 is 10.7 Å². The Morgan fingerprint density at radius 1 is 1.31 bits per heavy atom. The van der Waals surface area contributed by atoms with E-state index in [2.05, 4.69) is 5.32 Å². The second kappa shape index (κ2) is 14.7. The Kier molecular flexibility index (Phi) is 12.7. The molecule has 4 rings (SSSR count). The van der Waals surface area contributed by atoms with Gasteiger partial charge in [0.15, 0.2) is 12.0 Å². The lowest BCUT2D eigenvalue weighted by Gasteiger charge is -2.47. The predicted molar refractivity (Wildman–Crippen MR) is 135 cm³/mol. The van der Waals surface area contributed by atoms with E-state index in [-0.39, 0.29) is 37.7 Å². The summed E-state index contributed by atoms with van der Waals surface area (Å²) in [6, 6.07) is 0.151. The largest absolute Gasteiger partial charge is 0.503 e. The van der Waals surface area contributed by atoms with Crippen molar-refractivity contribution in [3.63, 3.8) is 0 Å². The summed E-state index contributed by atoms with van der Waals surface area (Å²) in [7, 11) is 0. The number of carbonyl (C=O) groups excluding carboxylic acids is 1. The summed E-state index contributed by atoms with van der Waals surface area (Å²) in [5, 5.41) is 22.8. The van der Waals surface area contributed by atoms with Crippen molar-refractivity contribution in [2.45, 2.75) is 73.0 Å². The van der Waals surface area contributed by atoms with E-state index in [9.17, 15) is 28.6 Å². The molecule has 1 fully saturated rings. The maximum Gasteiger partial charge on any atom is 0.226 e. The first-order valence-electron chi connectivity index (χ1n) is 11.8. The molecule has 36 heavy (non-hydrogen) atoms. The van der Waals surface area contributed by atoms with E-state index in [1.165, 1.54) is 6.08 Å². The number of aliphatic hydroxyl groups is 1. The van der Waals surface area contributed by atoms with Crippen molar-refractivity contribution >= 4 is 6.41 Å². The van der Waals surface area contributed by atoms with Crippen LogP contribution in [0.1, 0.15) is 58.5 Å². The van der Waals surface area contributed by atoms with E-state index in [0.29, 0.717) is 31.5 Å². The number of carbonyl (C=O) groups is 1. The smallest absolute Gasteiger partial charge is 0.226 e. The van der Waals surface area contributed by atoms with Crippen LogP contribution in [-0.4, -0.2) is 51.5 Å². The van der Waals surface area contributed by atoms with Gasteiger partial charge in [-0.1, -0.05) is 33.4 Å². The number of nitrogens with zero attached hydrogens (tertiary/aromatic N) is 2. The minimum absolute atomic E-state index is 0. The summed E-state index contributed by atoms with van der Waals surface area (Å²) in [6.07, 6.45) is 7.62. The molecule has 2 aliphatic heterocycles. The highest BCUT2D eigenvalue weighted by molar-refractivity contribution is 5.46. The van der Waals surface area contributed by atoms with Gasteiger partial charge in [0.25, 0.3) is 0 Å². The van der Waals surface area contributed by atoms with Crippen molar-refractivity contribution in [3.8, 4) is 5.75 Å². The molecule has 3 N–H and O–H groups in total. The average molecular weight is 512 g/mol. The number of ether oxygens (including phenoxy) is 1. The van der Waals surface area contributed by atoms with Gasteiger partial charge >= 0.3 is 0 Å². The SMILES string of the molecule is C.CC.Cc1cn2c(c(O)c1=O)C(O)N1C(C2)OCC[C@H]1C.O=CNCC1C=CC/C=C(F)\C=C/1F. The van der Waals surface area contributed by atoms with Gasteiger partial charge in [-0.25, -0.2) is 13.7 Å². The van der Waals surface area contributed by atoms with Crippen molar-refractivity contribution < 1.29 is 28.5 Å². The highest BCUT2D eigenvalue weighted by Gasteiger charge is 2.41. The highest BCUT2D eigenvalue weighted by atomic mass is 19.1. The molecule has 0 saturated carbocycles. The average Bonchev–Trinajstić information content (AvgIpc) is 2.82. The number of hydrogen-bond donors (Lipinski definition) is 3. The Morgan fingerprint density at radius 2 is 2.00 bits per heavy atom. The van der Waals surface area contributed by atoms with Gasteiger partial charge in [-0.15, -0.1) is 0 Å². The Labute approximate surface area is 211 Å². The lowest BCUT2D eigenvalue weighted by Crippen LogP contribution is -2.55. The van der Waals surface area contributed by atoms with Gasteiger partial charge in [0.05, 0.1) is 13.2 Å². The predicted octanol–water partition coefficient (Wildman–Crippen LogP) is 3.98. The van der Waals surface area contributed by atoms with Crippen molar-refractivity contribution in [3.05, 3.63) is 63.6 Å². The number of hydrogen-bond acceptors (Lipinski definition) is 6. The zero-order valence-electron chi connectivity index (χ0n) is 20.6. The van der Waals surface area contributed by atoms with Gasteiger partial charge in [-0.05, 0) is 32.8 Å². The first-order chi connectivity index (χ1) is 16.7. The number of allylic oxidation sites excluding steroid dienone is 4. The summed E-state index contributed by atoms with van der Waals surface area (Å²) in [5.41, 5.74) is 0.310. The molecule has 0 radical (unpaired) electrons. The van der Waals surface area contributed by atoms with Crippen molar-refractivity contribution in [1.82, 2.24) is 14.8 Å². The van der Waals surface area contributed by atoms with Crippen LogP contribution in [0.3, 0.4) is 0 Å². The standard InChI is InChI=1S/C13H18N2O4.C10H11F2NO.C2H6.CH4/c1-7-5-14-6-9-15(8(2)3-4-19-9)13(18)10(14)12(17)11(7)16;11-9-4-2-1-3-8(6-13-7-14)10(12)5-9;1-2;/h5,8-9,13,17-18H,3-4,6H2,1-2H3;1,3-5,7-8H,2,6H2,(H,13,14);1-2H3;1H4/b;3-1?,9-4+,10-5+;;/t8-,9?,13?;;;/m1.../s1. The van der Waals surface area contributed by atoms with Gasteiger partial charge in [-0.2, -0.15) is 0 Å². The van der Waals surface area contributed by atoms with Crippen LogP contribution in [0.25, 0.3) is 0 Å². The fraction of sp³-hybridized carbons (Fsp3) is 0.538. The molecule has 10 heteroatoms. The fourth-order valence-electron chi connectivity index (χ4n) is 4.12. The topological polar surface area (TPSA) is 104 Å². The molecular formula is C26H39F2N3O5. The van der Waals surface area contributed by atoms with Crippen LogP contribution >= 0.6 is 0 Å². The number of nitrogens with one attached hydrogen (secondary N) is 1. The van der Waals surface area contributed by atoms with Gasteiger partial charge in [0.1, 0.15) is 23.6 Å². The van der Waals surface area contributed by atoms with E-state index in [1.807, 2.05) is 25.7 Å². The quantitative estimate of drug-likeness (QED) is 0.419. The number of halogens is 2. The molecule has 3 heterocycles. The molecule has 1 amide bonds. The molecule has 8 nitrogen and oxygen atoms in total. The third-order valence-corrected chi connectivity index (χ3v) is 5.91. The summed E-state index contributed by atoms with van der Waals surface area (Å²) in [4.78, 5) is 23.6. The number of aromatic nitrogens is 1. The first kappa shape index (κ1) is 31.2. The molecule has 1 aromatic rings. The van der Waals surface area contributed by atoms with E-state index in [4.69, 9.17) is 4.74 Å². The van der Waals surface area contributed by atoms with Crippen molar-refractivity contribution in [2.24, 2.45) is 5.92 Å². The Balaban J connectivity index is 0.000000342. The molecule has 0 spiro atoms. The minimum Gasteiger partial charge on any atom is -0.503 e. The number of aromatic hydroxyl groups is 1. The van der Waals surface area contributed by atoms with E-state index in [1.54, 1.807) is 29.8 Å². The third kappa shape index (κ3) is 7.35. The van der Waals surface area contributed by atoms with Gasteiger partial charge in [0, 0.05) is 36.3 Å². The molecule has 0 aromatic carbocycles. The highest BCUT2D eigenvalue weighted by Crippen LogP contribution is 2.35. The maximum atomic E-state index is 13.2. The molecule has 4 atom stereocenters. The molecule has 3 unspecified atom stereocenters. The summed E-state index contributed by atoms with van der Waals surface area (Å²) < 4.78 is 33.4.